The van der Waals surface area contributed by atoms with Crippen molar-refractivity contribution in [2.24, 2.45) is 0 Å². The van der Waals surface area contributed by atoms with Crippen LogP contribution in [0.25, 0.3) is 66.2 Å². The number of fused-ring (bicyclic) bond motifs is 4. The lowest BCUT2D eigenvalue weighted by atomic mass is 9.85. The fourth-order valence-electron chi connectivity index (χ4n) is 6.69. The van der Waals surface area contributed by atoms with Crippen molar-refractivity contribution in [3.63, 3.8) is 0 Å². The number of hydrogen-bond acceptors (Lipinski definition) is 0. The summed E-state index contributed by atoms with van der Waals surface area (Å²) in [5, 5.41) is 10.4. The Balaban J connectivity index is 1.36. The Kier molecular flexibility index (Phi) is 5.38. The predicted octanol–water partition coefficient (Wildman–Crippen LogP) is 9.25. The Bertz CT molecular complexity index is 2140. The molecular formula is C40H28. The van der Waals surface area contributed by atoms with Gasteiger partial charge in [-0.1, -0.05) is 140 Å². The van der Waals surface area contributed by atoms with Gasteiger partial charge in [0.2, 0.25) is 0 Å². The molecule has 1 aliphatic rings. The third-order valence-corrected chi connectivity index (χ3v) is 8.54. The van der Waals surface area contributed by atoms with E-state index in [-0.39, 0.29) is 0 Å². The average molecular weight is 509 g/mol. The van der Waals surface area contributed by atoms with Crippen LogP contribution in [0.5, 0.6) is 0 Å². The first-order valence-corrected chi connectivity index (χ1v) is 14.2. The van der Waals surface area contributed by atoms with Crippen molar-refractivity contribution in [3.05, 3.63) is 156 Å². The van der Waals surface area contributed by atoms with Gasteiger partial charge in [-0.05, 0) is 95.1 Å². The second kappa shape index (κ2) is 9.36. The van der Waals surface area contributed by atoms with Gasteiger partial charge in [0.25, 0.3) is 0 Å². The molecule has 7 aromatic rings. The molecule has 40 heavy (non-hydrogen) atoms. The van der Waals surface area contributed by atoms with Gasteiger partial charge in [-0.25, -0.2) is 0 Å². The Morgan fingerprint density at radius 3 is 1.62 bits per heavy atom. The molecule has 0 heteroatoms. The van der Waals surface area contributed by atoms with Gasteiger partial charge in [-0.3, -0.25) is 0 Å². The average Bonchev–Trinajstić information content (AvgIpc) is 3.03. The molecule has 0 saturated heterocycles. The molecule has 0 atom stereocenters. The van der Waals surface area contributed by atoms with Crippen LogP contribution in [0.15, 0.2) is 140 Å². The van der Waals surface area contributed by atoms with Gasteiger partial charge in [0.1, 0.15) is 0 Å². The molecule has 8 rings (SSSR count). The molecular weight excluding hydrogens is 480 g/mol. The minimum atomic E-state index is 1.09. The van der Waals surface area contributed by atoms with Crippen molar-refractivity contribution < 1.29 is 0 Å². The third kappa shape index (κ3) is 3.68. The van der Waals surface area contributed by atoms with Crippen LogP contribution >= 0.6 is 0 Å². The van der Waals surface area contributed by atoms with Crippen molar-refractivity contribution in [2.45, 2.75) is 12.8 Å². The quantitative estimate of drug-likeness (QED) is 0.209. The summed E-state index contributed by atoms with van der Waals surface area (Å²) in [6, 6.07) is 51.4. The number of rotatable bonds is 3. The molecule has 7 aromatic carbocycles. The predicted molar refractivity (Wildman–Crippen MR) is 172 cm³/mol. The van der Waals surface area contributed by atoms with Crippen LogP contribution in [-0.4, -0.2) is 0 Å². The monoisotopic (exact) mass is 508 g/mol. The third-order valence-electron chi connectivity index (χ3n) is 8.54. The van der Waals surface area contributed by atoms with Crippen LogP contribution in [0.4, 0.5) is 0 Å². The highest BCUT2D eigenvalue weighted by Gasteiger charge is 2.17. The van der Waals surface area contributed by atoms with Crippen molar-refractivity contribution in [2.75, 3.05) is 0 Å². The maximum absolute atomic E-state index is 2.36. The summed E-state index contributed by atoms with van der Waals surface area (Å²) in [6.45, 7) is 0. The van der Waals surface area contributed by atoms with E-state index in [1.807, 2.05) is 0 Å². The zero-order valence-electron chi connectivity index (χ0n) is 22.3. The summed E-state index contributed by atoms with van der Waals surface area (Å²) in [7, 11) is 0. The summed E-state index contributed by atoms with van der Waals surface area (Å²) in [5.41, 5.74) is 7.92. The zero-order valence-corrected chi connectivity index (χ0v) is 22.3. The van der Waals surface area contributed by atoms with Crippen LogP contribution in [0.3, 0.4) is 0 Å². The lowest BCUT2D eigenvalue weighted by Crippen LogP contribution is -2.29. The fourth-order valence-corrected chi connectivity index (χ4v) is 6.69. The minimum absolute atomic E-state index is 1.09. The summed E-state index contributed by atoms with van der Waals surface area (Å²) in [4.78, 5) is 0. The summed E-state index contributed by atoms with van der Waals surface area (Å²) < 4.78 is 0. The van der Waals surface area contributed by atoms with Crippen molar-refractivity contribution in [3.8, 4) is 22.3 Å². The molecule has 188 valence electrons. The second-order valence-corrected chi connectivity index (χ2v) is 10.8. The fraction of sp³-hybridized carbons (Fsp3) is 0.0500. The van der Waals surface area contributed by atoms with Crippen molar-refractivity contribution >= 4 is 44.0 Å². The van der Waals surface area contributed by atoms with Crippen molar-refractivity contribution in [1.29, 1.82) is 0 Å². The van der Waals surface area contributed by atoms with Gasteiger partial charge in [0.15, 0.2) is 0 Å². The molecule has 1 aliphatic carbocycles. The number of benzene rings is 7. The van der Waals surface area contributed by atoms with E-state index < -0.39 is 0 Å². The van der Waals surface area contributed by atoms with E-state index in [0.717, 1.165) is 12.8 Å². The lowest BCUT2D eigenvalue weighted by molar-refractivity contribution is 1.08. The van der Waals surface area contributed by atoms with E-state index in [1.165, 1.54) is 76.1 Å². The maximum atomic E-state index is 2.36. The summed E-state index contributed by atoms with van der Waals surface area (Å²) in [5.74, 6) is 0. The van der Waals surface area contributed by atoms with E-state index >= 15 is 0 Å². The summed E-state index contributed by atoms with van der Waals surface area (Å²) in [6.07, 6.45) is 4.55. The van der Waals surface area contributed by atoms with Crippen LogP contribution in [0.2, 0.25) is 0 Å². The smallest absolute Gasteiger partial charge is 0.00262 e. The Morgan fingerprint density at radius 2 is 0.925 bits per heavy atom. The van der Waals surface area contributed by atoms with E-state index in [1.54, 1.807) is 0 Å². The largest absolute Gasteiger partial charge is 0.0763 e. The van der Waals surface area contributed by atoms with Gasteiger partial charge in [-0.15, -0.1) is 0 Å². The molecule has 0 spiro atoms. The Hall–Kier alpha value is -4.94. The van der Waals surface area contributed by atoms with Gasteiger partial charge in [0.05, 0.1) is 0 Å². The first-order chi connectivity index (χ1) is 19.8. The Labute approximate surface area is 234 Å². The molecule has 0 saturated carbocycles. The molecule has 0 aliphatic heterocycles. The molecule has 0 N–H and O–H groups in total. The van der Waals surface area contributed by atoms with E-state index in [2.05, 4.69) is 146 Å². The van der Waals surface area contributed by atoms with E-state index in [0.29, 0.717) is 0 Å². The molecule has 0 unspecified atom stereocenters. The lowest BCUT2D eigenvalue weighted by Gasteiger charge is -2.18. The molecule has 0 bridgehead atoms. The molecule has 0 amide bonds. The Morgan fingerprint density at radius 1 is 0.400 bits per heavy atom. The van der Waals surface area contributed by atoms with Crippen LogP contribution in [0, 0.1) is 0 Å². The molecule has 0 heterocycles. The summed E-state index contributed by atoms with van der Waals surface area (Å²) >= 11 is 0. The zero-order chi connectivity index (χ0) is 26.5. The highest BCUT2D eigenvalue weighted by molar-refractivity contribution is 6.21. The molecule has 0 fully saturated rings. The normalized spacial score (nSPS) is 12.9. The van der Waals surface area contributed by atoms with Gasteiger partial charge >= 0.3 is 0 Å². The van der Waals surface area contributed by atoms with Gasteiger partial charge in [0, 0.05) is 0 Å². The van der Waals surface area contributed by atoms with Crippen molar-refractivity contribution in [1.82, 2.24) is 0 Å². The van der Waals surface area contributed by atoms with Gasteiger partial charge < -0.3 is 0 Å². The highest BCUT2D eigenvalue weighted by atomic mass is 14.2. The van der Waals surface area contributed by atoms with E-state index in [9.17, 15) is 0 Å². The SMILES string of the molecule is C1=c2ccccc2=C(c2ccc(-c3c4ccccc4c(-c4ccc5ccccc5c4)c4ccccc34)cc2)CC1. The van der Waals surface area contributed by atoms with Crippen LogP contribution in [0.1, 0.15) is 18.4 Å². The van der Waals surface area contributed by atoms with Crippen LogP contribution < -0.4 is 10.4 Å². The van der Waals surface area contributed by atoms with Gasteiger partial charge in [-0.2, -0.15) is 0 Å². The highest BCUT2D eigenvalue weighted by Crippen LogP contribution is 2.44. The number of hydrogen-bond donors (Lipinski definition) is 0. The second-order valence-electron chi connectivity index (χ2n) is 10.8. The first-order valence-electron chi connectivity index (χ1n) is 14.2. The van der Waals surface area contributed by atoms with Crippen LogP contribution in [-0.2, 0) is 0 Å². The first kappa shape index (κ1) is 23.0. The maximum Gasteiger partial charge on any atom is -0.00262 e. The van der Waals surface area contributed by atoms with E-state index in [4.69, 9.17) is 0 Å². The molecule has 0 aromatic heterocycles. The topological polar surface area (TPSA) is 0 Å². The molecule has 0 radical (unpaired) electrons. The standard InChI is InChI=1S/C40H28/c1-2-12-31-26-32(25-20-27(31)10-1)40-37-17-7-5-15-35(37)39(36-16-6-8-18-38(36)40)30-23-21-29(22-24-30)34-19-9-13-28-11-3-4-14-33(28)34/h1-8,10-18,20-26H,9,19H2. The minimum Gasteiger partial charge on any atom is -0.0763 e. The molecule has 0 nitrogen and oxygen atoms in total.